The fourth-order valence-electron chi connectivity index (χ4n) is 4.10. The van der Waals surface area contributed by atoms with Crippen LogP contribution in [-0.2, 0) is 4.79 Å². The van der Waals surface area contributed by atoms with E-state index >= 15 is 0 Å². The van der Waals surface area contributed by atoms with Crippen LogP contribution in [0.1, 0.15) is 32.6 Å². The van der Waals surface area contributed by atoms with Crippen LogP contribution in [0.4, 0.5) is 6.01 Å². The van der Waals surface area contributed by atoms with Crippen molar-refractivity contribution in [1.29, 1.82) is 0 Å². The number of nitrogens with one attached hydrogen (secondary N) is 2. The van der Waals surface area contributed by atoms with Crippen molar-refractivity contribution in [2.24, 2.45) is 5.41 Å². The lowest BCUT2D eigenvalue weighted by Gasteiger charge is -2.33. The van der Waals surface area contributed by atoms with Crippen molar-refractivity contribution < 1.29 is 9.21 Å². The van der Waals surface area contributed by atoms with Gasteiger partial charge in [0.15, 0.2) is 0 Å². The Balaban J connectivity index is 1.29. The highest BCUT2D eigenvalue weighted by atomic mass is 35.5. The minimum absolute atomic E-state index is 0.0698. The Hall–Kier alpha value is -2.54. The zero-order valence-corrected chi connectivity index (χ0v) is 16.4. The lowest BCUT2D eigenvalue weighted by atomic mass is 9.93. The van der Waals surface area contributed by atoms with Gasteiger partial charge in [-0.3, -0.25) is 4.79 Å². The van der Waals surface area contributed by atoms with E-state index in [1.807, 2.05) is 36.1 Å². The highest BCUT2D eigenvalue weighted by molar-refractivity contribution is 6.34. The first kappa shape index (κ1) is 17.6. The number of benzene rings is 1. The first-order chi connectivity index (χ1) is 13.5. The molecule has 2 aromatic heterocycles. The van der Waals surface area contributed by atoms with Crippen LogP contribution < -0.4 is 5.32 Å². The molecule has 8 heteroatoms. The van der Waals surface area contributed by atoms with Crippen LogP contribution in [0.3, 0.4) is 0 Å². The molecule has 0 radical (unpaired) electrons. The summed E-state index contributed by atoms with van der Waals surface area (Å²) < 4.78 is 5.76. The molecule has 2 N–H and O–H groups in total. The molecule has 3 aromatic rings. The normalized spacial score (nSPS) is 19.1. The topological polar surface area (TPSA) is 87.0 Å². The number of piperidine rings is 1. The van der Waals surface area contributed by atoms with Gasteiger partial charge >= 0.3 is 6.01 Å². The van der Waals surface area contributed by atoms with Crippen LogP contribution in [-0.4, -0.2) is 45.1 Å². The van der Waals surface area contributed by atoms with Gasteiger partial charge in [-0.2, -0.15) is 0 Å². The Morgan fingerprint density at radius 2 is 2.00 bits per heavy atom. The van der Waals surface area contributed by atoms with E-state index in [4.69, 9.17) is 16.0 Å². The van der Waals surface area contributed by atoms with Crippen LogP contribution in [0, 0.1) is 5.41 Å². The van der Waals surface area contributed by atoms with E-state index in [0.29, 0.717) is 22.0 Å². The standard InChI is InChI=1S/C20H22ClN5O2/c1-12(18(27)26-10-8-20(6-7-20)9-11-26)22-19-25-24-17(28-19)15-13-4-2-3-5-14(13)23-16(15)21/h2-5,12,23H,6-11H2,1H3,(H,22,25)/t12-/m0/s1. The quantitative estimate of drug-likeness (QED) is 0.690. The fourth-order valence-corrected chi connectivity index (χ4v) is 4.38. The van der Waals surface area contributed by atoms with Crippen LogP contribution in [0.25, 0.3) is 22.4 Å². The Morgan fingerprint density at radius 1 is 1.25 bits per heavy atom. The van der Waals surface area contributed by atoms with E-state index in [1.165, 1.54) is 12.8 Å². The number of anilines is 1. The van der Waals surface area contributed by atoms with Gasteiger partial charge in [-0.25, -0.2) is 0 Å². The van der Waals surface area contributed by atoms with Gasteiger partial charge in [-0.05, 0) is 44.1 Å². The molecule has 1 spiro atoms. The molecule has 0 unspecified atom stereocenters. The Kier molecular flexibility index (Phi) is 4.08. The first-order valence-corrected chi connectivity index (χ1v) is 10.1. The molecule has 1 aliphatic carbocycles. The summed E-state index contributed by atoms with van der Waals surface area (Å²) in [4.78, 5) is 17.8. The monoisotopic (exact) mass is 399 g/mol. The highest BCUT2D eigenvalue weighted by Gasteiger charge is 2.45. The zero-order valence-electron chi connectivity index (χ0n) is 15.7. The van der Waals surface area contributed by atoms with Crippen molar-refractivity contribution in [3.05, 3.63) is 29.4 Å². The number of nitrogens with zero attached hydrogens (tertiary/aromatic N) is 3. The largest absolute Gasteiger partial charge is 0.403 e. The van der Waals surface area contributed by atoms with Gasteiger partial charge < -0.3 is 19.6 Å². The lowest BCUT2D eigenvalue weighted by Crippen LogP contribution is -2.45. The smallest absolute Gasteiger partial charge is 0.316 e. The number of halogens is 1. The number of aromatic amines is 1. The molecule has 146 valence electrons. The summed E-state index contributed by atoms with van der Waals surface area (Å²) in [5, 5.41) is 12.6. The second kappa shape index (κ2) is 6.51. The lowest BCUT2D eigenvalue weighted by molar-refractivity contribution is -0.133. The Bertz CT molecular complexity index is 1030. The fraction of sp³-hybridized carbons (Fsp3) is 0.450. The molecule has 1 saturated carbocycles. The van der Waals surface area contributed by atoms with Crippen molar-refractivity contribution in [2.75, 3.05) is 18.4 Å². The van der Waals surface area contributed by atoms with Crippen molar-refractivity contribution in [2.45, 2.75) is 38.6 Å². The molecule has 5 rings (SSSR count). The molecule has 1 aliphatic heterocycles. The molecule has 1 saturated heterocycles. The van der Waals surface area contributed by atoms with Gasteiger partial charge in [-0.1, -0.05) is 34.9 Å². The molecule has 28 heavy (non-hydrogen) atoms. The third-order valence-corrected chi connectivity index (χ3v) is 6.39. The number of likely N-dealkylation sites (tertiary alicyclic amines) is 1. The Morgan fingerprint density at radius 3 is 2.75 bits per heavy atom. The van der Waals surface area contributed by atoms with Crippen molar-refractivity contribution >= 4 is 34.4 Å². The first-order valence-electron chi connectivity index (χ1n) is 9.70. The number of aromatic nitrogens is 3. The van der Waals surface area contributed by atoms with Gasteiger partial charge in [0.1, 0.15) is 11.2 Å². The molecule has 2 aliphatic rings. The van der Waals surface area contributed by atoms with Gasteiger partial charge in [0.05, 0.1) is 5.56 Å². The maximum Gasteiger partial charge on any atom is 0.316 e. The van der Waals surface area contributed by atoms with E-state index in [9.17, 15) is 4.79 Å². The van der Waals surface area contributed by atoms with Gasteiger partial charge in [0.25, 0.3) is 5.89 Å². The number of carbonyl (C=O) groups excluding carboxylic acids is 1. The second-order valence-electron chi connectivity index (χ2n) is 7.96. The van der Waals surface area contributed by atoms with Crippen LogP contribution in [0.5, 0.6) is 0 Å². The van der Waals surface area contributed by atoms with Gasteiger partial charge in [-0.15, -0.1) is 5.10 Å². The number of para-hydroxylation sites is 1. The summed E-state index contributed by atoms with van der Waals surface area (Å²) >= 11 is 6.33. The zero-order chi connectivity index (χ0) is 19.3. The molecule has 3 heterocycles. The molecular weight excluding hydrogens is 378 g/mol. The SMILES string of the molecule is C[C@H](Nc1nnc(-c2c(Cl)[nH]c3ccccc23)o1)C(=O)N1CCC2(CC1)CC2. The molecule has 1 aromatic carbocycles. The van der Waals surface area contributed by atoms with E-state index in [2.05, 4.69) is 20.5 Å². The van der Waals surface area contributed by atoms with Crippen molar-refractivity contribution in [3.63, 3.8) is 0 Å². The minimum Gasteiger partial charge on any atom is -0.403 e. The molecule has 7 nitrogen and oxygen atoms in total. The average Bonchev–Trinajstić information content (AvgIpc) is 3.14. The number of amides is 1. The van der Waals surface area contributed by atoms with Gasteiger partial charge in [0.2, 0.25) is 5.91 Å². The average molecular weight is 400 g/mol. The molecule has 2 fully saturated rings. The number of hydrogen-bond acceptors (Lipinski definition) is 5. The highest BCUT2D eigenvalue weighted by Crippen LogP contribution is 2.53. The Labute approximate surface area is 167 Å². The number of fused-ring (bicyclic) bond motifs is 1. The molecule has 0 bridgehead atoms. The van der Waals surface area contributed by atoms with Crippen LogP contribution in [0.15, 0.2) is 28.7 Å². The number of H-pyrrole nitrogens is 1. The number of rotatable bonds is 4. The summed E-state index contributed by atoms with van der Waals surface area (Å²) in [5.74, 6) is 0.388. The van der Waals surface area contributed by atoms with Crippen LogP contribution in [0.2, 0.25) is 5.15 Å². The predicted octanol–water partition coefficient (Wildman–Crippen LogP) is 4.07. The maximum absolute atomic E-state index is 12.7. The van der Waals surface area contributed by atoms with E-state index < -0.39 is 6.04 Å². The van der Waals surface area contributed by atoms with E-state index in [0.717, 1.165) is 36.8 Å². The van der Waals surface area contributed by atoms with Crippen LogP contribution >= 0.6 is 11.6 Å². The van der Waals surface area contributed by atoms with E-state index in [1.54, 1.807) is 0 Å². The number of carbonyl (C=O) groups is 1. The number of hydrogen-bond donors (Lipinski definition) is 2. The molecule has 1 atom stereocenters. The summed E-state index contributed by atoms with van der Waals surface area (Å²) in [6.45, 7) is 3.50. The minimum atomic E-state index is -0.431. The van der Waals surface area contributed by atoms with Gasteiger partial charge in [0, 0.05) is 24.0 Å². The van der Waals surface area contributed by atoms with Crippen molar-refractivity contribution in [3.8, 4) is 11.5 Å². The summed E-state index contributed by atoms with van der Waals surface area (Å²) in [5.41, 5.74) is 2.12. The molecular formula is C20H22ClN5O2. The second-order valence-corrected chi connectivity index (χ2v) is 8.34. The predicted molar refractivity (Wildman–Crippen MR) is 107 cm³/mol. The maximum atomic E-state index is 12.7. The summed E-state index contributed by atoms with van der Waals surface area (Å²) in [6, 6.07) is 7.52. The third kappa shape index (κ3) is 3.03. The summed E-state index contributed by atoms with van der Waals surface area (Å²) in [6.07, 6.45) is 4.89. The summed E-state index contributed by atoms with van der Waals surface area (Å²) in [7, 11) is 0. The third-order valence-electron chi connectivity index (χ3n) is 6.10. The molecule has 1 amide bonds. The van der Waals surface area contributed by atoms with Crippen molar-refractivity contribution in [1.82, 2.24) is 20.1 Å². The van der Waals surface area contributed by atoms with E-state index in [-0.39, 0.29) is 11.9 Å².